The molecule has 13 heavy (non-hydrogen) atoms. The van der Waals surface area contributed by atoms with Crippen LogP contribution in [0.5, 0.6) is 0 Å². The quantitative estimate of drug-likeness (QED) is 0.686. The van der Waals surface area contributed by atoms with Crippen LogP contribution in [0.25, 0.3) is 0 Å². The summed E-state index contributed by atoms with van der Waals surface area (Å²) < 4.78 is 1.27. The van der Waals surface area contributed by atoms with E-state index in [1.165, 1.54) is 16.0 Å². The van der Waals surface area contributed by atoms with E-state index < -0.39 is 0 Å². The van der Waals surface area contributed by atoms with Gasteiger partial charge >= 0.3 is 0 Å². The maximum Gasteiger partial charge on any atom is 0.297 e. The molecule has 0 unspecified atom stereocenters. The zero-order chi connectivity index (χ0) is 9.26. The molecule has 2 aromatic heterocycles. The summed E-state index contributed by atoms with van der Waals surface area (Å²) in [5.41, 5.74) is 0.450. The molecule has 0 aromatic carbocycles. The van der Waals surface area contributed by atoms with E-state index in [0.717, 1.165) is 5.01 Å². The van der Waals surface area contributed by atoms with Crippen LogP contribution >= 0.6 is 11.3 Å². The van der Waals surface area contributed by atoms with Crippen molar-refractivity contribution in [3.63, 3.8) is 0 Å². The Hall–Kier alpha value is -1.49. The second kappa shape index (κ2) is 3.10. The van der Waals surface area contributed by atoms with Crippen LogP contribution in [-0.2, 0) is 0 Å². The van der Waals surface area contributed by atoms with E-state index in [1.54, 1.807) is 23.8 Å². The van der Waals surface area contributed by atoms with E-state index in [0.29, 0.717) is 5.69 Å². The van der Waals surface area contributed by atoms with Crippen molar-refractivity contribution >= 4 is 17.2 Å². The molecule has 0 saturated heterocycles. The second-order valence-corrected chi connectivity index (χ2v) is 3.57. The number of hydrogen-bond acceptors (Lipinski definition) is 4. The molecule has 0 fully saturated rings. The van der Waals surface area contributed by atoms with Crippen LogP contribution in [0.2, 0.25) is 0 Å². The third kappa shape index (κ3) is 1.50. The second-order valence-electron chi connectivity index (χ2n) is 2.51. The van der Waals surface area contributed by atoms with Gasteiger partial charge in [-0.15, -0.1) is 11.3 Å². The van der Waals surface area contributed by atoms with Gasteiger partial charge in [0.1, 0.15) is 5.69 Å². The number of thiazole rings is 1. The van der Waals surface area contributed by atoms with Crippen molar-refractivity contribution in [2.75, 3.05) is 0 Å². The fourth-order valence-electron chi connectivity index (χ4n) is 0.968. The maximum absolute atomic E-state index is 11.6. The zero-order valence-electron chi connectivity index (χ0n) is 6.97. The topological polar surface area (TPSA) is 47.8 Å². The smallest absolute Gasteiger partial charge is 0.265 e. The van der Waals surface area contributed by atoms with Crippen molar-refractivity contribution in [3.05, 3.63) is 34.5 Å². The summed E-state index contributed by atoms with van der Waals surface area (Å²) in [6.45, 7) is 1.87. The van der Waals surface area contributed by atoms with Crippen LogP contribution in [0, 0.1) is 6.92 Å². The Kier molecular flexibility index (Phi) is 1.94. The number of rotatable bonds is 1. The van der Waals surface area contributed by atoms with Crippen LogP contribution in [0.4, 0.5) is 0 Å². The molecule has 0 aliphatic rings. The molecule has 2 heterocycles. The first-order chi connectivity index (χ1) is 6.27. The Morgan fingerprint density at radius 3 is 3.00 bits per heavy atom. The van der Waals surface area contributed by atoms with Crippen LogP contribution in [0.3, 0.4) is 0 Å². The number of nitrogens with zero attached hydrogens (tertiary/aromatic N) is 3. The highest BCUT2D eigenvalue weighted by molar-refractivity contribution is 7.09. The minimum Gasteiger partial charge on any atom is -0.265 e. The Bertz CT molecular complexity index is 418. The summed E-state index contributed by atoms with van der Waals surface area (Å²) in [4.78, 5) is 15.6. The first-order valence-corrected chi connectivity index (χ1v) is 4.62. The van der Waals surface area contributed by atoms with Crippen molar-refractivity contribution in [3.8, 4) is 0 Å². The summed E-state index contributed by atoms with van der Waals surface area (Å²) in [5.74, 6) is -0.186. The van der Waals surface area contributed by atoms with E-state index in [-0.39, 0.29) is 5.91 Å². The Labute approximate surface area is 78.8 Å². The predicted molar refractivity (Wildman–Crippen MR) is 48.8 cm³/mol. The monoisotopic (exact) mass is 193 g/mol. The number of hydrogen-bond donors (Lipinski definition) is 0. The lowest BCUT2D eigenvalue weighted by Gasteiger charge is -1.93. The molecule has 0 atom stereocenters. The van der Waals surface area contributed by atoms with Gasteiger partial charge in [0.15, 0.2) is 0 Å². The van der Waals surface area contributed by atoms with Crippen LogP contribution < -0.4 is 0 Å². The summed E-state index contributed by atoms with van der Waals surface area (Å²) in [7, 11) is 0. The summed E-state index contributed by atoms with van der Waals surface area (Å²) in [6, 6.07) is 1.71. The van der Waals surface area contributed by atoms with Crippen molar-refractivity contribution in [2.45, 2.75) is 6.92 Å². The Morgan fingerprint density at radius 1 is 1.62 bits per heavy atom. The molecular formula is C8H7N3OS. The minimum absolute atomic E-state index is 0.186. The molecular weight excluding hydrogens is 186 g/mol. The normalized spacial score (nSPS) is 10.2. The van der Waals surface area contributed by atoms with Crippen molar-refractivity contribution in [1.82, 2.24) is 14.8 Å². The summed E-state index contributed by atoms with van der Waals surface area (Å²) in [6.07, 6.45) is 3.17. The molecule has 0 N–H and O–H groups in total. The third-order valence-corrected chi connectivity index (χ3v) is 2.32. The van der Waals surface area contributed by atoms with Gasteiger partial charge < -0.3 is 0 Å². The summed E-state index contributed by atoms with van der Waals surface area (Å²) >= 11 is 1.46. The highest BCUT2D eigenvalue weighted by Gasteiger charge is 2.10. The molecule has 66 valence electrons. The van der Waals surface area contributed by atoms with E-state index >= 15 is 0 Å². The first kappa shape index (κ1) is 8.12. The lowest BCUT2D eigenvalue weighted by atomic mass is 10.4. The fourth-order valence-corrected chi connectivity index (χ4v) is 1.55. The van der Waals surface area contributed by atoms with Gasteiger partial charge in [-0.1, -0.05) is 0 Å². The van der Waals surface area contributed by atoms with Gasteiger partial charge in [-0.25, -0.2) is 9.67 Å². The highest BCUT2D eigenvalue weighted by atomic mass is 32.1. The maximum atomic E-state index is 11.6. The SMILES string of the molecule is Cc1nc(C(=O)n2cccn2)cs1. The first-order valence-electron chi connectivity index (χ1n) is 3.74. The van der Waals surface area contributed by atoms with Gasteiger partial charge in [-0.3, -0.25) is 4.79 Å². The van der Waals surface area contributed by atoms with Crippen molar-refractivity contribution in [2.24, 2.45) is 0 Å². The van der Waals surface area contributed by atoms with Crippen LogP contribution in [-0.4, -0.2) is 20.7 Å². The van der Waals surface area contributed by atoms with E-state index in [4.69, 9.17) is 0 Å². The van der Waals surface area contributed by atoms with Gasteiger partial charge in [0.05, 0.1) is 5.01 Å². The molecule has 0 spiro atoms. The largest absolute Gasteiger partial charge is 0.297 e. The van der Waals surface area contributed by atoms with E-state index in [9.17, 15) is 4.79 Å². The molecule has 2 aromatic rings. The molecule has 0 radical (unpaired) electrons. The van der Waals surface area contributed by atoms with Crippen LogP contribution in [0.15, 0.2) is 23.8 Å². The van der Waals surface area contributed by atoms with Crippen molar-refractivity contribution < 1.29 is 4.79 Å². The number of aromatic nitrogens is 3. The lowest BCUT2D eigenvalue weighted by molar-refractivity contribution is 0.0940. The van der Waals surface area contributed by atoms with Crippen molar-refractivity contribution in [1.29, 1.82) is 0 Å². The molecule has 0 amide bonds. The average molecular weight is 193 g/mol. The molecule has 0 aliphatic heterocycles. The highest BCUT2D eigenvalue weighted by Crippen LogP contribution is 2.08. The Morgan fingerprint density at radius 2 is 2.46 bits per heavy atom. The minimum atomic E-state index is -0.186. The standard InChI is InChI=1S/C8H7N3OS/c1-6-10-7(5-13-6)8(12)11-4-2-3-9-11/h2-5H,1H3. The average Bonchev–Trinajstić information content (AvgIpc) is 2.72. The van der Waals surface area contributed by atoms with Gasteiger partial charge in [-0.2, -0.15) is 5.10 Å². The molecule has 4 nitrogen and oxygen atoms in total. The molecule has 0 bridgehead atoms. The number of aryl methyl sites for hydroxylation is 1. The predicted octanol–water partition coefficient (Wildman–Crippen LogP) is 1.34. The Balaban J connectivity index is 2.33. The fraction of sp³-hybridized carbons (Fsp3) is 0.125. The summed E-state index contributed by atoms with van der Waals surface area (Å²) in [5, 5.41) is 6.45. The molecule has 2 rings (SSSR count). The van der Waals surface area contributed by atoms with Gasteiger partial charge in [0.2, 0.25) is 0 Å². The molecule has 0 saturated carbocycles. The lowest BCUT2D eigenvalue weighted by Crippen LogP contribution is -2.12. The van der Waals surface area contributed by atoms with Gasteiger partial charge in [0, 0.05) is 17.8 Å². The third-order valence-electron chi connectivity index (χ3n) is 1.55. The van der Waals surface area contributed by atoms with Crippen LogP contribution in [0.1, 0.15) is 15.5 Å². The number of carbonyl (C=O) groups excluding carboxylic acids is 1. The molecule has 0 aliphatic carbocycles. The van der Waals surface area contributed by atoms with E-state index in [1.807, 2.05) is 6.92 Å². The zero-order valence-corrected chi connectivity index (χ0v) is 7.78. The van der Waals surface area contributed by atoms with Gasteiger partial charge in [0.25, 0.3) is 5.91 Å². The van der Waals surface area contributed by atoms with Gasteiger partial charge in [-0.05, 0) is 13.0 Å². The van der Waals surface area contributed by atoms with E-state index in [2.05, 4.69) is 10.1 Å². The number of carbonyl (C=O) groups is 1. The molecule has 5 heteroatoms.